The Morgan fingerprint density at radius 1 is 0.714 bits per heavy atom. The molecule has 0 atom stereocenters. The van der Waals surface area contributed by atoms with Crippen LogP contribution in [-0.2, 0) is 54.2 Å². The Kier molecular flexibility index (Phi) is 71.1. The number of carbonyl (C=O) groups excluding carboxylic acids is 2. The molecule has 0 unspecified atom stereocenters. The number of ether oxygens (including phenoxy) is 2. The minimum atomic E-state index is -1.67. The fourth-order valence-corrected chi connectivity index (χ4v) is 3.31. The second kappa shape index (κ2) is 62.5. The highest BCUT2D eigenvalue weighted by molar-refractivity contribution is 8.26. The van der Waals surface area contributed by atoms with Crippen LogP contribution in [-0.4, -0.2) is 138 Å². The molecule has 400 valence electrons. The highest BCUT2D eigenvalue weighted by Gasteiger charge is 1.94. The van der Waals surface area contributed by atoms with Gasteiger partial charge in [0.05, 0.1) is 113 Å². The van der Waals surface area contributed by atoms with Crippen LogP contribution in [0.3, 0.4) is 0 Å². The van der Waals surface area contributed by atoms with E-state index < -0.39 is 22.3 Å². The van der Waals surface area contributed by atoms with Crippen molar-refractivity contribution < 1.29 is 49.1 Å². The molecule has 5 rings (SSSR count). The number of halogens is 9. The van der Waals surface area contributed by atoms with Gasteiger partial charge < -0.3 is 48.5 Å². The van der Waals surface area contributed by atoms with Crippen LogP contribution in [0.1, 0.15) is 44.7 Å². The van der Waals surface area contributed by atoms with Gasteiger partial charge in [-0.3, -0.25) is 4.39 Å². The number of nitrogens with one attached hydrogen (secondary N) is 2. The van der Waals surface area contributed by atoms with Crippen LogP contribution in [0.25, 0.3) is 30.4 Å². The Hall–Kier alpha value is -4.52. The van der Waals surface area contributed by atoms with Crippen LogP contribution in [0.5, 0.6) is 0 Å². The van der Waals surface area contributed by atoms with E-state index in [1.165, 1.54) is 45.1 Å². The normalized spacial score (nSPS) is 9.41. The molecule has 0 aliphatic heterocycles. The van der Waals surface area contributed by atoms with E-state index in [4.69, 9.17) is 78.9 Å². The third kappa shape index (κ3) is 61.5. The molecule has 70 heavy (non-hydrogen) atoms. The van der Waals surface area contributed by atoms with Crippen molar-refractivity contribution in [3.8, 4) is 0 Å². The molecule has 0 aromatic carbocycles. The molecular weight excluding hydrogens is 1110 g/mol. The van der Waals surface area contributed by atoms with Crippen molar-refractivity contribution in [2.75, 3.05) is 51.6 Å². The fraction of sp³-hybridized carbons (Fsp3) is 0.317. The molecule has 19 nitrogen and oxygen atoms in total. The number of hydrogen-bond acceptors (Lipinski definition) is 13. The first-order valence-corrected chi connectivity index (χ1v) is 23.1. The van der Waals surface area contributed by atoms with Crippen LogP contribution >= 0.6 is 91.8 Å². The maximum absolute atomic E-state index is 10.6. The van der Waals surface area contributed by atoms with Crippen LogP contribution in [0.15, 0.2) is 93.0 Å². The summed E-state index contributed by atoms with van der Waals surface area (Å²) in [7, 11) is 15.7. The molecule has 0 bridgehead atoms. The van der Waals surface area contributed by atoms with Crippen LogP contribution < -0.4 is 0 Å². The summed E-state index contributed by atoms with van der Waals surface area (Å²) in [5, 5.41) is 24.0. The van der Waals surface area contributed by atoms with Gasteiger partial charge in [0.1, 0.15) is 0 Å². The van der Waals surface area contributed by atoms with Crippen LogP contribution in [0.4, 0.5) is 4.39 Å². The Labute approximate surface area is 453 Å². The number of hydrogen-bond donors (Lipinski definition) is 5. The van der Waals surface area contributed by atoms with Gasteiger partial charge in [0.15, 0.2) is 0 Å². The first kappa shape index (κ1) is 79.6. The van der Waals surface area contributed by atoms with Gasteiger partial charge in [-0.15, -0.1) is 70.4 Å². The van der Waals surface area contributed by atoms with E-state index >= 15 is 0 Å². The number of aliphatic hydroxyl groups is 2. The number of alkyl halides is 6. The van der Waals surface area contributed by atoms with Gasteiger partial charge in [-0.2, -0.15) is 0 Å². The van der Waals surface area contributed by atoms with Gasteiger partial charge in [-0.1, -0.05) is 27.0 Å². The molecule has 0 fully saturated rings. The Morgan fingerprint density at radius 2 is 1.03 bits per heavy atom. The zero-order valence-electron chi connectivity index (χ0n) is 38.3. The summed E-state index contributed by atoms with van der Waals surface area (Å²) in [5.41, 5.74) is 4.01. The largest absolute Gasteiger partial charge is 0.478 e. The molecule has 5 aromatic heterocycles. The second-order valence-electron chi connectivity index (χ2n) is 10.3. The number of aromatic nitrogens is 10. The van der Waals surface area contributed by atoms with Crippen molar-refractivity contribution in [1.29, 1.82) is 0 Å². The molecule has 0 spiro atoms. The van der Waals surface area contributed by atoms with E-state index in [1.807, 2.05) is 54.8 Å². The van der Waals surface area contributed by atoms with Crippen molar-refractivity contribution in [1.82, 2.24) is 48.6 Å². The smallest absolute Gasteiger partial charge is 0.330 e. The van der Waals surface area contributed by atoms with E-state index in [0.29, 0.717) is 11.6 Å². The van der Waals surface area contributed by atoms with E-state index in [0.717, 1.165) is 36.0 Å². The Morgan fingerprint density at radius 3 is 1.29 bits per heavy atom. The second-order valence-corrected chi connectivity index (χ2v) is 14.8. The molecule has 0 amide bonds. The number of H-pyrrole nitrogens is 2. The standard InChI is InChI=1S/C8H10N2O2.C7H9ClN2.C7H8N2O2.C7H10N2O.C6H6N2O2.2CH2Cl2.CH3F.CH4O.2CH4.Cl2OS.ClH/c1-10-5-7(9-6-10)3-4-8(11)12-2;1-10-5-7(9-6-10)3-2-4-8;1-11-7(10)3-2-6-4-8-5-9-6;1-9-5-7(8-6-9)3-2-4-10;9-6(10)2-1-5-3-7-4-8-5;2*2-1-3;2*1-2;;;1-4(2)3;/h3-6H,1-2H3;2-3,5-6H,4H2,1H3;2-5H,1H3,(H,8,9);2-3,5-6,10H,4H2,1H3;1-4H,(H,7,8)(H,9,10);2*1H2;1H3;2H,1H3;2*1H4;;1H/b4-3+;3*3-2+;2-1+;;;;;;;;/i;;;;;;;1D;;;;;. The summed E-state index contributed by atoms with van der Waals surface area (Å²) >= 11 is 24.5. The van der Waals surface area contributed by atoms with E-state index in [9.17, 15) is 18.8 Å². The highest BCUT2D eigenvalue weighted by atomic mass is 36.0. The number of aliphatic hydroxyl groups excluding tert-OH is 2. The highest BCUT2D eigenvalue weighted by Crippen LogP contribution is 1.99. The van der Waals surface area contributed by atoms with Gasteiger partial charge in [-0.25, -0.2) is 43.5 Å². The number of nitrogens with zero attached hydrogens (tertiary/aromatic N) is 8. The maximum Gasteiger partial charge on any atom is 0.330 e. The molecule has 0 saturated carbocycles. The number of rotatable bonds is 10. The lowest BCUT2D eigenvalue weighted by Gasteiger charge is -1.87. The van der Waals surface area contributed by atoms with Gasteiger partial charge in [-0.05, 0) is 30.4 Å². The predicted octanol–water partition coefficient (Wildman–Crippen LogP) is 9.58. The van der Waals surface area contributed by atoms with E-state index in [1.54, 1.807) is 66.4 Å². The number of carbonyl (C=O) groups is 3. The molecule has 29 heteroatoms. The number of imidazole rings is 5. The third-order valence-electron chi connectivity index (χ3n) is 5.58. The minimum absolute atomic E-state index is 0. The molecular formula is C41H63Cl8FN10O9S. The van der Waals surface area contributed by atoms with Gasteiger partial charge in [0.2, 0.25) is 9.23 Å². The predicted molar refractivity (Wildman–Crippen MR) is 290 cm³/mol. The van der Waals surface area contributed by atoms with Crippen LogP contribution in [0, 0.1) is 0 Å². The number of esters is 2. The summed E-state index contributed by atoms with van der Waals surface area (Å²) in [6.45, 7) is 0.0660. The van der Waals surface area contributed by atoms with Gasteiger partial charge in [0, 0.05) is 92.3 Å². The van der Waals surface area contributed by atoms with Crippen molar-refractivity contribution in [3.63, 3.8) is 0 Å². The Balaban J connectivity index is -0.000000108. The van der Waals surface area contributed by atoms with E-state index in [2.05, 4.69) is 65.7 Å². The zero-order valence-corrected chi connectivity index (χ0v) is 44.2. The summed E-state index contributed by atoms with van der Waals surface area (Å²) in [4.78, 5) is 56.3. The monoisotopic (exact) mass is 1170 g/mol. The van der Waals surface area contributed by atoms with E-state index in [-0.39, 0.29) is 56.5 Å². The summed E-state index contributed by atoms with van der Waals surface area (Å²) < 4.78 is 39.0. The number of aryl methyl sites for hydroxylation is 3. The summed E-state index contributed by atoms with van der Waals surface area (Å²) in [6.07, 6.45) is 32.5. The van der Waals surface area contributed by atoms with Crippen molar-refractivity contribution >= 4 is 149 Å². The van der Waals surface area contributed by atoms with Gasteiger partial charge >= 0.3 is 17.9 Å². The average Bonchev–Trinajstić information content (AvgIpc) is 4.19. The number of aliphatic carboxylic acids is 1. The summed E-state index contributed by atoms with van der Waals surface area (Å²) in [5.74, 6) is -1.17. The van der Waals surface area contributed by atoms with Crippen LogP contribution in [0.2, 0.25) is 0 Å². The van der Waals surface area contributed by atoms with Crippen molar-refractivity contribution in [2.24, 2.45) is 21.1 Å². The van der Waals surface area contributed by atoms with Crippen molar-refractivity contribution in [3.05, 3.63) is 121 Å². The number of methoxy groups -OCH3 is 2. The molecule has 5 N–H and O–H groups in total. The summed E-state index contributed by atoms with van der Waals surface area (Å²) in [6, 6.07) is 0. The molecule has 0 aliphatic rings. The number of allylic oxidation sites excluding steroid dienone is 1. The molecule has 0 saturated heterocycles. The number of aromatic amines is 2. The Bertz CT molecular complexity index is 2040. The molecule has 0 aliphatic carbocycles. The lowest BCUT2D eigenvalue weighted by atomic mass is 10.4. The topological polar surface area (TPSA) is 258 Å². The first-order valence-electron chi connectivity index (χ1n) is 18.3. The molecule has 5 aromatic rings. The lowest BCUT2D eigenvalue weighted by Crippen LogP contribution is -1.93. The quantitative estimate of drug-likeness (QED) is 0.0378. The van der Waals surface area contributed by atoms with Gasteiger partial charge in [0.25, 0.3) is 0 Å². The average molecular weight is 1180 g/mol. The zero-order chi connectivity index (χ0) is 53.0. The number of carboxylic acid groups (broad SMARTS) is 1. The SMILES string of the molecule is C.C.CO.COC(=O)/C=C/c1cn(C)cn1.COC(=O)/C=C/c1cnc[nH]1.Cl.ClCCl.ClCCl.Cn1cnc(/C=C/CCl)c1.Cn1cnc(/C=C/CO)c1.O=C(O)/C=C/c1cnc[nH]1.O=S(Cl)Cl.[2H]CF. The molecule has 0 radical (unpaired) electrons. The minimum Gasteiger partial charge on any atom is -0.478 e. The molecule has 5 heterocycles. The van der Waals surface area contributed by atoms with Crippen molar-refractivity contribution in [2.45, 2.75) is 14.9 Å². The maximum atomic E-state index is 10.6. The third-order valence-corrected chi connectivity index (χ3v) is 5.76. The first-order chi connectivity index (χ1) is 32.5. The number of carboxylic acids is 1. The lowest BCUT2D eigenvalue weighted by molar-refractivity contribution is -0.135. The fourth-order valence-electron chi connectivity index (χ4n) is 3.22.